The second-order valence-electron chi connectivity index (χ2n) is 4.71. The van der Waals surface area contributed by atoms with Crippen LogP contribution < -0.4 is 10.6 Å². The Labute approximate surface area is 118 Å². The molecule has 5 nitrogen and oxygen atoms in total. The van der Waals surface area contributed by atoms with E-state index in [2.05, 4.69) is 20.8 Å². The molecule has 2 aromatic rings. The van der Waals surface area contributed by atoms with Crippen LogP contribution in [0.4, 0.5) is 0 Å². The van der Waals surface area contributed by atoms with E-state index in [9.17, 15) is 4.79 Å². The molecule has 0 spiro atoms. The van der Waals surface area contributed by atoms with E-state index in [1.54, 1.807) is 6.20 Å². The van der Waals surface area contributed by atoms with Gasteiger partial charge in [-0.1, -0.05) is 30.3 Å². The predicted octanol–water partition coefficient (Wildman–Crippen LogP) is 1.51. The third-order valence-electron chi connectivity index (χ3n) is 3.11. The second-order valence-corrected chi connectivity index (χ2v) is 4.71. The van der Waals surface area contributed by atoms with Crippen LogP contribution in [0.15, 0.2) is 36.5 Å². The Morgan fingerprint density at radius 1 is 1.25 bits per heavy atom. The molecule has 0 aliphatic heterocycles. The first-order valence-electron chi connectivity index (χ1n) is 6.76. The Morgan fingerprint density at radius 2 is 2.05 bits per heavy atom. The van der Waals surface area contributed by atoms with E-state index in [0.717, 1.165) is 23.4 Å². The number of hydrogen-bond acceptors (Lipinski definition) is 3. The SMILES string of the molecule is Cc1[nH]ncc1CNCCC(=O)NCc1ccccc1. The summed E-state index contributed by atoms with van der Waals surface area (Å²) in [4.78, 5) is 11.7. The van der Waals surface area contributed by atoms with Crippen LogP contribution in [0.1, 0.15) is 23.2 Å². The molecule has 1 aromatic heterocycles. The normalized spacial score (nSPS) is 10.4. The van der Waals surface area contributed by atoms with Gasteiger partial charge in [-0.3, -0.25) is 9.89 Å². The lowest BCUT2D eigenvalue weighted by Crippen LogP contribution is -2.27. The molecule has 106 valence electrons. The molecule has 5 heteroatoms. The maximum Gasteiger partial charge on any atom is 0.221 e. The minimum atomic E-state index is 0.0604. The van der Waals surface area contributed by atoms with E-state index in [1.807, 2.05) is 37.3 Å². The maximum atomic E-state index is 11.7. The molecule has 0 bridgehead atoms. The highest BCUT2D eigenvalue weighted by Crippen LogP contribution is 2.01. The van der Waals surface area contributed by atoms with Crippen LogP contribution in [0.3, 0.4) is 0 Å². The Balaban J connectivity index is 1.60. The van der Waals surface area contributed by atoms with Crippen LogP contribution in [0.2, 0.25) is 0 Å². The van der Waals surface area contributed by atoms with Crippen LogP contribution in [0.25, 0.3) is 0 Å². The molecule has 1 amide bonds. The first kappa shape index (κ1) is 14.3. The van der Waals surface area contributed by atoms with Crippen molar-refractivity contribution in [1.82, 2.24) is 20.8 Å². The monoisotopic (exact) mass is 272 g/mol. The van der Waals surface area contributed by atoms with Crippen molar-refractivity contribution in [3.63, 3.8) is 0 Å². The van der Waals surface area contributed by atoms with Gasteiger partial charge in [-0.25, -0.2) is 0 Å². The summed E-state index contributed by atoms with van der Waals surface area (Å²) >= 11 is 0. The third kappa shape index (κ3) is 4.51. The zero-order chi connectivity index (χ0) is 14.2. The summed E-state index contributed by atoms with van der Waals surface area (Å²) in [6.45, 7) is 3.95. The van der Waals surface area contributed by atoms with Crippen molar-refractivity contribution in [2.75, 3.05) is 6.54 Å². The molecule has 0 aliphatic rings. The molecule has 0 saturated carbocycles. The smallest absolute Gasteiger partial charge is 0.221 e. The number of amides is 1. The summed E-state index contributed by atoms with van der Waals surface area (Å²) in [6.07, 6.45) is 2.28. The number of aryl methyl sites for hydroxylation is 1. The molecule has 0 unspecified atom stereocenters. The van der Waals surface area contributed by atoms with Crippen molar-refractivity contribution >= 4 is 5.91 Å². The van der Waals surface area contributed by atoms with Crippen LogP contribution >= 0.6 is 0 Å². The molecule has 1 aromatic carbocycles. The van der Waals surface area contributed by atoms with Gasteiger partial charge < -0.3 is 10.6 Å². The molecule has 0 fully saturated rings. The van der Waals surface area contributed by atoms with Crippen LogP contribution in [0.5, 0.6) is 0 Å². The summed E-state index contributed by atoms with van der Waals surface area (Å²) in [5, 5.41) is 13.0. The summed E-state index contributed by atoms with van der Waals surface area (Å²) in [6, 6.07) is 9.90. The standard InChI is InChI=1S/C15H20N4O/c1-12-14(11-18-19-12)10-16-8-7-15(20)17-9-13-5-3-2-4-6-13/h2-6,11,16H,7-10H2,1H3,(H,17,20)(H,18,19). The highest BCUT2D eigenvalue weighted by molar-refractivity contribution is 5.76. The number of aromatic amines is 1. The number of H-pyrrole nitrogens is 1. The van der Waals surface area contributed by atoms with Crippen LogP contribution in [0, 0.1) is 6.92 Å². The highest BCUT2D eigenvalue weighted by atomic mass is 16.1. The predicted molar refractivity (Wildman–Crippen MR) is 77.9 cm³/mol. The minimum absolute atomic E-state index is 0.0604. The van der Waals surface area contributed by atoms with Gasteiger partial charge in [0.15, 0.2) is 0 Å². The summed E-state index contributed by atoms with van der Waals surface area (Å²) in [5.74, 6) is 0.0604. The van der Waals surface area contributed by atoms with Gasteiger partial charge in [0, 0.05) is 37.3 Å². The van der Waals surface area contributed by atoms with E-state index >= 15 is 0 Å². The minimum Gasteiger partial charge on any atom is -0.352 e. The van der Waals surface area contributed by atoms with Crippen molar-refractivity contribution in [2.45, 2.75) is 26.4 Å². The summed E-state index contributed by atoms with van der Waals surface area (Å²) < 4.78 is 0. The quantitative estimate of drug-likeness (QED) is 0.669. The number of carbonyl (C=O) groups excluding carboxylic acids is 1. The second kappa shape index (κ2) is 7.45. The van der Waals surface area contributed by atoms with Crippen molar-refractivity contribution in [3.8, 4) is 0 Å². The highest BCUT2D eigenvalue weighted by Gasteiger charge is 2.02. The molecule has 0 saturated heterocycles. The van der Waals surface area contributed by atoms with Crippen LogP contribution in [-0.4, -0.2) is 22.6 Å². The zero-order valence-corrected chi connectivity index (χ0v) is 11.6. The molecule has 0 radical (unpaired) electrons. The molecule has 0 aliphatic carbocycles. The van der Waals surface area contributed by atoms with Gasteiger partial charge in [-0.15, -0.1) is 0 Å². The van der Waals surface area contributed by atoms with Gasteiger partial charge >= 0.3 is 0 Å². The lowest BCUT2D eigenvalue weighted by Gasteiger charge is -2.06. The van der Waals surface area contributed by atoms with E-state index < -0.39 is 0 Å². The fourth-order valence-corrected chi connectivity index (χ4v) is 1.86. The largest absolute Gasteiger partial charge is 0.352 e. The number of nitrogens with one attached hydrogen (secondary N) is 3. The number of hydrogen-bond donors (Lipinski definition) is 3. The summed E-state index contributed by atoms with van der Waals surface area (Å²) in [5.41, 5.74) is 3.31. The fourth-order valence-electron chi connectivity index (χ4n) is 1.86. The van der Waals surface area contributed by atoms with E-state index in [4.69, 9.17) is 0 Å². The molecule has 3 N–H and O–H groups in total. The fraction of sp³-hybridized carbons (Fsp3) is 0.333. The van der Waals surface area contributed by atoms with Crippen molar-refractivity contribution < 1.29 is 4.79 Å². The van der Waals surface area contributed by atoms with Gasteiger partial charge in [0.25, 0.3) is 0 Å². The number of nitrogens with zero attached hydrogens (tertiary/aromatic N) is 1. The molecular formula is C15H20N4O. The van der Waals surface area contributed by atoms with Gasteiger partial charge in [-0.05, 0) is 12.5 Å². The average Bonchev–Trinajstić information content (AvgIpc) is 2.88. The molecular weight excluding hydrogens is 252 g/mol. The van der Waals surface area contributed by atoms with E-state index in [-0.39, 0.29) is 5.91 Å². The van der Waals surface area contributed by atoms with E-state index in [1.165, 1.54) is 0 Å². The number of benzene rings is 1. The Hall–Kier alpha value is -2.14. The van der Waals surface area contributed by atoms with Crippen molar-refractivity contribution in [2.24, 2.45) is 0 Å². The first-order chi connectivity index (χ1) is 9.75. The third-order valence-corrected chi connectivity index (χ3v) is 3.11. The first-order valence-corrected chi connectivity index (χ1v) is 6.76. The number of aromatic nitrogens is 2. The topological polar surface area (TPSA) is 69.8 Å². The van der Waals surface area contributed by atoms with Crippen molar-refractivity contribution in [3.05, 3.63) is 53.3 Å². The molecule has 0 atom stereocenters. The van der Waals surface area contributed by atoms with Crippen molar-refractivity contribution in [1.29, 1.82) is 0 Å². The number of carbonyl (C=O) groups is 1. The summed E-state index contributed by atoms with van der Waals surface area (Å²) in [7, 11) is 0. The molecule has 1 heterocycles. The van der Waals surface area contributed by atoms with E-state index in [0.29, 0.717) is 19.5 Å². The lowest BCUT2D eigenvalue weighted by molar-refractivity contribution is -0.121. The Kier molecular flexibility index (Phi) is 5.32. The van der Waals surface area contributed by atoms with Gasteiger partial charge in [-0.2, -0.15) is 5.10 Å². The zero-order valence-electron chi connectivity index (χ0n) is 11.6. The Morgan fingerprint density at radius 3 is 2.75 bits per heavy atom. The average molecular weight is 272 g/mol. The number of rotatable bonds is 7. The van der Waals surface area contributed by atoms with Gasteiger partial charge in [0.05, 0.1) is 6.20 Å². The molecule has 20 heavy (non-hydrogen) atoms. The molecule has 2 rings (SSSR count). The van der Waals surface area contributed by atoms with Gasteiger partial charge in [0.1, 0.15) is 0 Å². The van der Waals surface area contributed by atoms with Gasteiger partial charge in [0.2, 0.25) is 5.91 Å². The Bertz CT molecular complexity index is 536. The van der Waals surface area contributed by atoms with Crippen LogP contribution in [-0.2, 0) is 17.9 Å². The maximum absolute atomic E-state index is 11.7. The lowest BCUT2D eigenvalue weighted by atomic mass is 10.2.